The first-order chi connectivity index (χ1) is 14.5. The molecule has 150 valence electrons. The molecule has 5 heteroatoms. The van der Waals surface area contributed by atoms with Gasteiger partial charge in [0, 0.05) is 22.9 Å². The Morgan fingerprint density at radius 2 is 1.93 bits per heavy atom. The molecule has 3 aromatic rings. The van der Waals surface area contributed by atoms with Crippen LogP contribution in [0.2, 0.25) is 0 Å². The third-order valence-corrected chi connectivity index (χ3v) is 4.94. The molecular formula is C25H21FN2O2. The van der Waals surface area contributed by atoms with Gasteiger partial charge in [-0.1, -0.05) is 36.1 Å². The zero-order valence-electron chi connectivity index (χ0n) is 16.6. The number of amides is 1. The van der Waals surface area contributed by atoms with Gasteiger partial charge < -0.3 is 10.1 Å². The lowest BCUT2D eigenvalue weighted by molar-refractivity contribution is -0.00467. The number of hydrogen-bond donors (Lipinski definition) is 1. The lowest BCUT2D eigenvalue weighted by Gasteiger charge is -2.29. The Hall–Kier alpha value is -3.49. The molecule has 1 N–H and O–H groups in total. The molecule has 1 atom stereocenters. The van der Waals surface area contributed by atoms with Crippen molar-refractivity contribution in [1.29, 1.82) is 0 Å². The summed E-state index contributed by atoms with van der Waals surface area (Å²) in [5.74, 6) is 5.94. The van der Waals surface area contributed by atoms with E-state index in [1.54, 1.807) is 24.4 Å². The maximum absolute atomic E-state index is 14.7. The molecule has 0 aliphatic carbocycles. The van der Waals surface area contributed by atoms with Gasteiger partial charge >= 0.3 is 0 Å². The van der Waals surface area contributed by atoms with Crippen LogP contribution in [0.4, 0.5) is 4.39 Å². The van der Waals surface area contributed by atoms with E-state index in [9.17, 15) is 9.18 Å². The van der Waals surface area contributed by atoms with Crippen LogP contribution in [0.1, 0.15) is 45.2 Å². The monoisotopic (exact) mass is 400 g/mol. The molecule has 4 nitrogen and oxygen atoms in total. The Bertz CT molecular complexity index is 1130. The number of pyridine rings is 1. The van der Waals surface area contributed by atoms with E-state index in [1.165, 1.54) is 6.92 Å². The van der Waals surface area contributed by atoms with E-state index in [2.05, 4.69) is 22.1 Å². The molecule has 1 aliphatic heterocycles. The summed E-state index contributed by atoms with van der Waals surface area (Å²) >= 11 is 0. The first-order valence-corrected chi connectivity index (χ1v) is 9.71. The molecule has 1 amide bonds. The van der Waals surface area contributed by atoms with Crippen LogP contribution in [-0.2, 0) is 23.6 Å². The first-order valence-electron chi connectivity index (χ1n) is 9.71. The van der Waals surface area contributed by atoms with Crippen LogP contribution in [-0.4, -0.2) is 17.5 Å². The summed E-state index contributed by atoms with van der Waals surface area (Å²) in [6.45, 7) is 2.08. The quantitative estimate of drug-likeness (QED) is 0.673. The van der Waals surface area contributed by atoms with Crippen LogP contribution in [0.25, 0.3) is 0 Å². The average Bonchev–Trinajstić information content (AvgIpc) is 2.77. The summed E-state index contributed by atoms with van der Waals surface area (Å²) in [6.07, 6.45) is 1.67. The van der Waals surface area contributed by atoms with Gasteiger partial charge in [0.2, 0.25) is 0 Å². The van der Waals surface area contributed by atoms with Crippen molar-refractivity contribution in [2.24, 2.45) is 0 Å². The van der Waals surface area contributed by atoms with Crippen LogP contribution in [0.3, 0.4) is 0 Å². The molecule has 30 heavy (non-hydrogen) atoms. The first kappa shape index (κ1) is 19.8. The van der Waals surface area contributed by atoms with E-state index in [-0.39, 0.29) is 19.1 Å². The molecule has 0 radical (unpaired) electrons. The van der Waals surface area contributed by atoms with Crippen LogP contribution >= 0.6 is 0 Å². The van der Waals surface area contributed by atoms with Crippen molar-refractivity contribution in [3.8, 4) is 11.8 Å². The van der Waals surface area contributed by atoms with E-state index < -0.39 is 5.67 Å². The second-order valence-electron chi connectivity index (χ2n) is 7.40. The Kier molecular flexibility index (Phi) is 5.60. The number of halogens is 1. The SMILES string of the molecule is C[C@@]1(F)COCc2ccc(C(=O)NCc3cc(C#Cc4ccccc4)ccn3)cc21. The highest BCUT2D eigenvalue weighted by Crippen LogP contribution is 2.34. The molecule has 4 rings (SSSR count). The van der Waals surface area contributed by atoms with Gasteiger partial charge in [0.05, 0.1) is 25.5 Å². The van der Waals surface area contributed by atoms with Gasteiger partial charge in [0.1, 0.15) is 0 Å². The lowest BCUT2D eigenvalue weighted by atomic mass is 9.90. The Morgan fingerprint density at radius 1 is 1.13 bits per heavy atom. The summed E-state index contributed by atoms with van der Waals surface area (Å²) in [7, 11) is 0. The number of ether oxygens (including phenoxy) is 1. The van der Waals surface area contributed by atoms with Crippen molar-refractivity contribution in [2.75, 3.05) is 6.61 Å². The van der Waals surface area contributed by atoms with Crippen LogP contribution in [0.5, 0.6) is 0 Å². The Morgan fingerprint density at radius 3 is 2.77 bits per heavy atom. The number of nitrogens with one attached hydrogen (secondary N) is 1. The van der Waals surface area contributed by atoms with Gasteiger partial charge in [0.15, 0.2) is 5.67 Å². The number of rotatable bonds is 3. The predicted octanol–water partition coefficient (Wildman–Crippen LogP) is 4.13. The van der Waals surface area contributed by atoms with Gasteiger partial charge in [-0.2, -0.15) is 0 Å². The number of carbonyl (C=O) groups is 1. The molecule has 2 aromatic carbocycles. The fraction of sp³-hybridized carbons (Fsp3) is 0.200. The predicted molar refractivity (Wildman–Crippen MR) is 112 cm³/mol. The number of nitrogens with zero attached hydrogens (tertiary/aromatic N) is 1. The summed E-state index contributed by atoms with van der Waals surface area (Å²) in [5, 5.41) is 2.85. The average molecular weight is 400 g/mol. The number of carbonyl (C=O) groups excluding carboxylic acids is 1. The molecule has 0 saturated heterocycles. The third-order valence-electron chi connectivity index (χ3n) is 4.94. The highest BCUT2D eigenvalue weighted by molar-refractivity contribution is 5.94. The summed E-state index contributed by atoms with van der Waals surface area (Å²) < 4.78 is 20.0. The Labute approximate surface area is 175 Å². The molecule has 0 spiro atoms. The normalized spacial score (nSPS) is 17.4. The van der Waals surface area contributed by atoms with Gasteiger partial charge in [-0.15, -0.1) is 0 Å². The van der Waals surface area contributed by atoms with E-state index in [1.807, 2.05) is 42.5 Å². The van der Waals surface area contributed by atoms with Crippen molar-refractivity contribution in [3.05, 3.63) is 100 Å². The van der Waals surface area contributed by atoms with E-state index in [0.29, 0.717) is 23.4 Å². The van der Waals surface area contributed by atoms with E-state index in [0.717, 1.165) is 16.7 Å². The molecular weight excluding hydrogens is 379 g/mol. The van der Waals surface area contributed by atoms with Crippen LogP contribution < -0.4 is 5.32 Å². The number of fused-ring (bicyclic) bond motifs is 1. The van der Waals surface area contributed by atoms with Gasteiger partial charge in [-0.3, -0.25) is 9.78 Å². The minimum absolute atomic E-state index is 0.00813. The standard InChI is InChI=1S/C25H21FN2O2/c1-25(26)17-30-16-21-10-9-20(14-23(21)25)24(29)28-15-22-13-19(11-12-27-22)8-7-18-5-3-2-4-6-18/h2-6,9-14H,15-17H2,1H3,(H,28,29)/t25-/m1/s1. The zero-order chi connectivity index (χ0) is 21.0. The van der Waals surface area contributed by atoms with Gasteiger partial charge in [-0.05, 0) is 54.4 Å². The summed E-state index contributed by atoms with van der Waals surface area (Å²) in [4.78, 5) is 16.9. The molecule has 0 fully saturated rings. The van der Waals surface area contributed by atoms with Gasteiger partial charge in [0.25, 0.3) is 5.91 Å². The molecule has 0 unspecified atom stereocenters. The number of aromatic nitrogens is 1. The zero-order valence-corrected chi connectivity index (χ0v) is 16.6. The van der Waals surface area contributed by atoms with Crippen LogP contribution in [0, 0.1) is 11.8 Å². The minimum Gasteiger partial charge on any atom is -0.373 e. The lowest BCUT2D eigenvalue weighted by Crippen LogP contribution is -2.30. The minimum atomic E-state index is -1.60. The number of benzene rings is 2. The van der Waals surface area contributed by atoms with E-state index >= 15 is 0 Å². The third kappa shape index (κ3) is 4.56. The fourth-order valence-corrected chi connectivity index (χ4v) is 3.35. The molecule has 0 bridgehead atoms. The smallest absolute Gasteiger partial charge is 0.251 e. The molecule has 1 aliphatic rings. The largest absolute Gasteiger partial charge is 0.373 e. The maximum atomic E-state index is 14.7. The van der Waals surface area contributed by atoms with Crippen LogP contribution in [0.15, 0.2) is 66.9 Å². The summed E-state index contributed by atoms with van der Waals surface area (Å²) in [6, 6.07) is 18.4. The highest BCUT2D eigenvalue weighted by Gasteiger charge is 2.33. The van der Waals surface area contributed by atoms with Crippen molar-refractivity contribution in [3.63, 3.8) is 0 Å². The maximum Gasteiger partial charge on any atom is 0.251 e. The van der Waals surface area contributed by atoms with Crippen molar-refractivity contribution >= 4 is 5.91 Å². The summed E-state index contributed by atoms with van der Waals surface area (Å²) in [5.41, 5.74) is 2.55. The number of hydrogen-bond acceptors (Lipinski definition) is 3. The molecule has 2 heterocycles. The highest BCUT2D eigenvalue weighted by atomic mass is 19.1. The Balaban J connectivity index is 1.44. The van der Waals surface area contributed by atoms with E-state index in [4.69, 9.17) is 4.74 Å². The molecule has 0 saturated carbocycles. The van der Waals surface area contributed by atoms with Crippen molar-refractivity contribution in [1.82, 2.24) is 10.3 Å². The van der Waals surface area contributed by atoms with Crippen molar-refractivity contribution < 1.29 is 13.9 Å². The topological polar surface area (TPSA) is 51.2 Å². The fourth-order valence-electron chi connectivity index (χ4n) is 3.35. The van der Waals surface area contributed by atoms with Crippen molar-refractivity contribution in [2.45, 2.75) is 25.7 Å². The second-order valence-corrected chi connectivity index (χ2v) is 7.40. The van der Waals surface area contributed by atoms with Gasteiger partial charge in [-0.25, -0.2) is 4.39 Å². The molecule has 1 aromatic heterocycles. The number of alkyl halides is 1. The second kappa shape index (κ2) is 8.48.